The van der Waals surface area contributed by atoms with Gasteiger partial charge in [-0.2, -0.15) is 12.6 Å². The smallest absolute Gasteiger partial charge is 0.213 e. The van der Waals surface area contributed by atoms with Crippen LogP contribution in [0.3, 0.4) is 0 Å². The molecule has 0 aliphatic heterocycles. The van der Waals surface area contributed by atoms with Gasteiger partial charge in [0, 0.05) is 0 Å². The highest BCUT2D eigenvalue weighted by Gasteiger charge is 2.00. The molecule has 0 aliphatic rings. The Morgan fingerprint density at radius 2 is 2.33 bits per heavy atom. The normalized spacial score (nSPS) is 13.6. The Balaban J connectivity index is 2.98. The Hall–Kier alpha value is -0.290. The molecule has 1 rings (SSSR count). The predicted molar refractivity (Wildman–Crippen MR) is 41.2 cm³/mol. The van der Waals surface area contributed by atoms with E-state index in [4.69, 9.17) is 12.2 Å². The molecule has 1 aromatic rings. The van der Waals surface area contributed by atoms with Crippen molar-refractivity contribution in [1.29, 1.82) is 0 Å². The van der Waals surface area contributed by atoms with Gasteiger partial charge < -0.3 is 0 Å². The Kier molecular flexibility index (Phi) is 1.92. The van der Waals surface area contributed by atoms with Gasteiger partial charge in [0.15, 0.2) is 0 Å². The lowest BCUT2D eigenvalue weighted by Crippen LogP contribution is -1.85. The van der Waals surface area contributed by atoms with Crippen molar-refractivity contribution >= 4 is 24.8 Å². The summed E-state index contributed by atoms with van der Waals surface area (Å²) in [6.45, 7) is 1.92. The fraction of sp³-hybridized carbons (Fsp3) is 0.500. The number of H-pyrrole nitrogens is 2. The molecule has 0 saturated carbocycles. The van der Waals surface area contributed by atoms with E-state index in [0.717, 1.165) is 5.82 Å². The van der Waals surface area contributed by atoms with Gasteiger partial charge in [0.1, 0.15) is 5.82 Å². The molecule has 9 heavy (non-hydrogen) atoms. The molecule has 1 aromatic heterocycles. The van der Waals surface area contributed by atoms with Crippen LogP contribution in [-0.2, 0) is 0 Å². The molecule has 0 aliphatic carbocycles. The molecule has 5 heteroatoms. The number of nitrogens with zero attached hydrogens (tertiary/aromatic N) is 1. The van der Waals surface area contributed by atoms with E-state index in [-0.39, 0.29) is 5.25 Å². The van der Waals surface area contributed by atoms with Crippen molar-refractivity contribution in [2.45, 2.75) is 12.2 Å². The van der Waals surface area contributed by atoms with E-state index in [2.05, 4.69) is 27.8 Å². The number of hydrogen-bond acceptors (Lipinski definition) is 3. The van der Waals surface area contributed by atoms with Crippen molar-refractivity contribution in [3.8, 4) is 0 Å². The Morgan fingerprint density at radius 3 is 2.56 bits per heavy atom. The van der Waals surface area contributed by atoms with Gasteiger partial charge in [-0.25, -0.2) is 4.98 Å². The average Bonchev–Trinajstić information content (AvgIpc) is 2.14. The van der Waals surface area contributed by atoms with Crippen LogP contribution in [0.2, 0.25) is 0 Å². The van der Waals surface area contributed by atoms with Crippen LogP contribution in [0.25, 0.3) is 0 Å². The van der Waals surface area contributed by atoms with Crippen LogP contribution >= 0.6 is 24.8 Å². The van der Waals surface area contributed by atoms with Crippen molar-refractivity contribution in [1.82, 2.24) is 15.2 Å². The summed E-state index contributed by atoms with van der Waals surface area (Å²) >= 11 is 8.86. The summed E-state index contributed by atoms with van der Waals surface area (Å²) < 4.78 is 0.478. The van der Waals surface area contributed by atoms with Crippen molar-refractivity contribution in [3.63, 3.8) is 0 Å². The lowest BCUT2D eigenvalue weighted by atomic mass is 10.5. The highest BCUT2D eigenvalue weighted by Crippen LogP contribution is 2.11. The third kappa shape index (κ3) is 1.56. The average molecular weight is 161 g/mol. The van der Waals surface area contributed by atoms with Crippen LogP contribution in [0.4, 0.5) is 0 Å². The van der Waals surface area contributed by atoms with E-state index < -0.39 is 0 Å². The van der Waals surface area contributed by atoms with E-state index in [1.807, 2.05) is 6.92 Å². The lowest BCUT2D eigenvalue weighted by molar-refractivity contribution is 0.932. The van der Waals surface area contributed by atoms with E-state index in [1.54, 1.807) is 0 Å². The summed E-state index contributed by atoms with van der Waals surface area (Å²) in [5, 5.41) is 5.58. The van der Waals surface area contributed by atoms with Gasteiger partial charge in [-0.3, -0.25) is 10.2 Å². The van der Waals surface area contributed by atoms with Gasteiger partial charge >= 0.3 is 0 Å². The summed E-state index contributed by atoms with van der Waals surface area (Å²) in [5.41, 5.74) is 0. The fourth-order valence-electron chi connectivity index (χ4n) is 0.481. The van der Waals surface area contributed by atoms with Gasteiger partial charge in [-0.1, -0.05) is 0 Å². The molecule has 3 nitrogen and oxygen atoms in total. The number of aromatic amines is 2. The zero-order valence-electron chi connectivity index (χ0n) is 4.88. The highest BCUT2D eigenvalue weighted by atomic mass is 32.1. The monoisotopic (exact) mass is 161 g/mol. The maximum atomic E-state index is 4.72. The largest absolute Gasteiger partial charge is 0.285 e. The summed E-state index contributed by atoms with van der Waals surface area (Å²) in [5.74, 6) is 0.781. The molecule has 0 bridgehead atoms. The standard InChI is InChI=1S/C4H7N3S2/c1-2(8)3-5-4(9)7-6-3/h2,8H,1H3,(H2,5,6,7,9). The molecule has 0 spiro atoms. The molecule has 0 saturated heterocycles. The molecule has 0 radical (unpaired) electrons. The number of aromatic nitrogens is 3. The first kappa shape index (κ1) is 6.82. The minimum atomic E-state index is 0.109. The number of hydrogen-bond donors (Lipinski definition) is 3. The zero-order chi connectivity index (χ0) is 6.85. The Bertz CT molecular complexity index is 236. The summed E-state index contributed by atoms with van der Waals surface area (Å²) in [6, 6.07) is 0. The van der Waals surface area contributed by atoms with Crippen molar-refractivity contribution in [3.05, 3.63) is 10.6 Å². The van der Waals surface area contributed by atoms with Gasteiger partial charge in [0.05, 0.1) is 5.25 Å². The minimum absolute atomic E-state index is 0.109. The number of rotatable bonds is 1. The molecule has 1 heterocycles. The maximum Gasteiger partial charge on any atom is 0.213 e. The van der Waals surface area contributed by atoms with Crippen LogP contribution < -0.4 is 0 Å². The molecule has 2 N–H and O–H groups in total. The number of nitrogens with one attached hydrogen (secondary N) is 2. The molecule has 50 valence electrons. The van der Waals surface area contributed by atoms with Crippen LogP contribution in [-0.4, -0.2) is 15.2 Å². The lowest BCUT2D eigenvalue weighted by Gasteiger charge is -1.93. The van der Waals surface area contributed by atoms with E-state index in [1.165, 1.54) is 0 Å². The molecule has 1 atom stereocenters. The molecule has 0 aromatic carbocycles. The first-order valence-corrected chi connectivity index (χ1v) is 3.45. The van der Waals surface area contributed by atoms with Gasteiger partial charge in [0.2, 0.25) is 4.77 Å². The van der Waals surface area contributed by atoms with E-state index >= 15 is 0 Å². The van der Waals surface area contributed by atoms with Crippen LogP contribution in [0.15, 0.2) is 0 Å². The number of thiol groups is 1. The molecular weight excluding hydrogens is 154 g/mol. The van der Waals surface area contributed by atoms with Crippen LogP contribution in [0.1, 0.15) is 18.0 Å². The highest BCUT2D eigenvalue weighted by molar-refractivity contribution is 7.80. The molecule has 1 unspecified atom stereocenters. The third-order valence-corrected chi connectivity index (χ3v) is 1.35. The van der Waals surface area contributed by atoms with Crippen molar-refractivity contribution in [2.75, 3.05) is 0 Å². The summed E-state index contributed by atoms with van der Waals surface area (Å²) in [7, 11) is 0. The Morgan fingerprint density at radius 1 is 1.67 bits per heavy atom. The van der Waals surface area contributed by atoms with E-state index in [0.29, 0.717) is 4.77 Å². The molecular formula is C4H7N3S2. The van der Waals surface area contributed by atoms with Crippen molar-refractivity contribution in [2.24, 2.45) is 0 Å². The minimum Gasteiger partial charge on any atom is -0.285 e. The first-order chi connectivity index (χ1) is 4.20. The first-order valence-electron chi connectivity index (χ1n) is 2.53. The SMILES string of the molecule is CC(S)c1nc(=S)[nH][nH]1. The van der Waals surface area contributed by atoms with Crippen LogP contribution in [0, 0.1) is 4.77 Å². The summed E-state index contributed by atoms with van der Waals surface area (Å²) in [4.78, 5) is 3.94. The van der Waals surface area contributed by atoms with Crippen LogP contribution in [0.5, 0.6) is 0 Å². The van der Waals surface area contributed by atoms with E-state index in [9.17, 15) is 0 Å². The maximum absolute atomic E-state index is 4.72. The van der Waals surface area contributed by atoms with Gasteiger partial charge in [0.25, 0.3) is 0 Å². The second kappa shape index (κ2) is 2.53. The third-order valence-electron chi connectivity index (χ3n) is 0.915. The predicted octanol–water partition coefficient (Wildman–Crippen LogP) is 1.46. The Labute approximate surface area is 63.3 Å². The summed E-state index contributed by atoms with van der Waals surface area (Å²) in [6.07, 6.45) is 0. The second-order valence-electron chi connectivity index (χ2n) is 1.73. The second-order valence-corrected chi connectivity index (χ2v) is 2.89. The quantitative estimate of drug-likeness (QED) is 0.431. The molecule has 0 amide bonds. The zero-order valence-corrected chi connectivity index (χ0v) is 6.59. The van der Waals surface area contributed by atoms with Crippen molar-refractivity contribution < 1.29 is 0 Å². The van der Waals surface area contributed by atoms with Gasteiger partial charge in [-0.15, -0.1) is 0 Å². The topological polar surface area (TPSA) is 44.5 Å². The van der Waals surface area contributed by atoms with Gasteiger partial charge in [-0.05, 0) is 19.1 Å². The molecule has 0 fully saturated rings. The fourth-order valence-corrected chi connectivity index (χ4v) is 0.752.